The maximum absolute atomic E-state index is 13.3. The van der Waals surface area contributed by atoms with E-state index in [1.165, 1.54) is 29.9 Å². The Labute approximate surface area is 187 Å². The molecule has 3 heterocycles. The highest BCUT2D eigenvalue weighted by molar-refractivity contribution is 5.85. The molecule has 10 heteroatoms. The van der Waals surface area contributed by atoms with Crippen LogP contribution in [0.15, 0.2) is 54.9 Å². The third-order valence-corrected chi connectivity index (χ3v) is 5.53. The Morgan fingerprint density at radius 3 is 2.45 bits per heavy atom. The Bertz CT molecular complexity index is 1250. The first-order valence-electron chi connectivity index (χ1n) is 10.7. The summed E-state index contributed by atoms with van der Waals surface area (Å²) in [7, 11) is 0. The molecule has 0 aliphatic carbocycles. The second kappa shape index (κ2) is 8.78. The van der Waals surface area contributed by atoms with E-state index in [0.29, 0.717) is 17.8 Å². The number of benzene rings is 2. The smallest absolute Gasteiger partial charge is 0.451 e. The number of alkyl halides is 3. The van der Waals surface area contributed by atoms with Gasteiger partial charge in [-0.2, -0.15) is 13.2 Å². The Balaban J connectivity index is 1.36. The fourth-order valence-electron chi connectivity index (χ4n) is 3.86. The molecule has 5 rings (SSSR count). The summed E-state index contributed by atoms with van der Waals surface area (Å²) in [6.45, 7) is 3.78. The molecule has 4 aromatic rings. The lowest BCUT2D eigenvalue weighted by Crippen LogP contribution is -2.25. The van der Waals surface area contributed by atoms with E-state index in [1.807, 2.05) is 24.3 Å². The number of aromatic nitrogens is 5. The summed E-state index contributed by atoms with van der Waals surface area (Å²) in [6, 6.07) is 13.8. The van der Waals surface area contributed by atoms with Gasteiger partial charge in [0.05, 0.1) is 5.52 Å². The number of nitrogens with zero attached hydrogens (tertiary/aromatic N) is 6. The monoisotopic (exact) mass is 454 g/mol. The van der Waals surface area contributed by atoms with Crippen molar-refractivity contribution in [2.45, 2.75) is 19.0 Å². The largest absolute Gasteiger partial charge is 0.492 e. The van der Waals surface area contributed by atoms with Gasteiger partial charge in [-0.1, -0.05) is 12.1 Å². The van der Waals surface area contributed by atoms with Crippen LogP contribution < -0.4 is 4.74 Å². The minimum absolute atomic E-state index is 0.0218. The van der Waals surface area contributed by atoms with Crippen LogP contribution in [0.25, 0.3) is 28.1 Å². The summed E-state index contributed by atoms with van der Waals surface area (Å²) in [5.41, 5.74) is 0.900. The van der Waals surface area contributed by atoms with Gasteiger partial charge in [0.15, 0.2) is 11.6 Å². The summed E-state index contributed by atoms with van der Waals surface area (Å²) in [5.74, 6) is -0.0823. The third kappa shape index (κ3) is 4.65. The Morgan fingerprint density at radius 2 is 1.70 bits per heavy atom. The molecule has 1 fully saturated rings. The molecule has 1 aliphatic heterocycles. The van der Waals surface area contributed by atoms with Crippen LogP contribution in [0.5, 0.6) is 5.75 Å². The van der Waals surface area contributed by atoms with Gasteiger partial charge in [-0.3, -0.25) is 4.90 Å². The van der Waals surface area contributed by atoms with Crippen LogP contribution in [0.1, 0.15) is 18.7 Å². The van der Waals surface area contributed by atoms with Crippen molar-refractivity contribution in [1.29, 1.82) is 0 Å². The van der Waals surface area contributed by atoms with Crippen molar-refractivity contribution in [1.82, 2.24) is 29.6 Å². The molecular formula is C23H21F3N6O. The van der Waals surface area contributed by atoms with E-state index >= 15 is 0 Å². The van der Waals surface area contributed by atoms with Crippen molar-refractivity contribution in [2.24, 2.45) is 0 Å². The van der Waals surface area contributed by atoms with Crippen LogP contribution in [0, 0.1) is 0 Å². The number of hydrogen-bond acceptors (Lipinski definition) is 6. The summed E-state index contributed by atoms with van der Waals surface area (Å²) in [6.07, 6.45) is -0.829. The van der Waals surface area contributed by atoms with Crippen LogP contribution in [0.4, 0.5) is 13.2 Å². The quantitative estimate of drug-likeness (QED) is 0.431. The van der Waals surface area contributed by atoms with Crippen molar-refractivity contribution in [3.63, 3.8) is 0 Å². The van der Waals surface area contributed by atoms with E-state index in [1.54, 1.807) is 18.2 Å². The van der Waals surface area contributed by atoms with Crippen molar-refractivity contribution < 1.29 is 17.9 Å². The van der Waals surface area contributed by atoms with E-state index in [9.17, 15) is 13.2 Å². The Hall–Kier alpha value is -3.53. The van der Waals surface area contributed by atoms with Crippen LogP contribution >= 0.6 is 0 Å². The van der Waals surface area contributed by atoms with Gasteiger partial charge in [0.25, 0.3) is 0 Å². The van der Waals surface area contributed by atoms with Crippen LogP contribution in [0.2, 0.25) is 0 Å². The lowest BCUT2D eigenvalue weighted by molar-refractivity contribution is -0.144. The highest BCUT2D eigenvalue weighted by Gasteiger charge is 2.35. The number of likely N-dealkylation sites (tertiary alicyclic amines) is 1. The molecule has 0 amide bonds. The second-order valence-electron chi connectivity index (χ2n) is 7.82. The van der Waals surface area contributed by atoms with Gasteiger partial charge < -0.3 is 4.74 Å². The summed E-state index contributed by atoms with van der Waals surface area (Å²) < 4.78 is 47.0. The number of ether oxygens (including phenoxy) is 1. The summed E-state index contributed by atoms with van der Waals surface area (Å²) in [4.78, 5) is 14.0. The fourth-order valence-corrected chi connectivity index (χ4v) is 3.86. The fraction of sp³-hybridized carbons (Fsp3) is 0.304. The topological polar surface area (TPSA) is 69.0 Å². The van der Waals surface area contributed by atoms with E-state index < -0.39 is 12.0 Å². The zero-order valence-corrected chi connectivity index (χ0v) is 17.7. The number of para-hydroxylation sites is 1. The van der Waals surface area contributed by atoms with E-state index in [-0.39, 0.29) is 11.3 Å². The molecule has 7 nitrogen and oxygen atoms in total. The van der Waals surface area contributed by atoms with Crippen LogP contribution in [0.3, 0.4) is 0 Å². The average Bonchev–Trinajstić information content (AvgIpc) is 3.51. The molecule has 0 radical (unpaired) electrons. The maximum atomic E-state index is 13.3. The molecule has 2 aromatic heterocycles. The predicted molar refractivity (Wildman–Crippen MR) is 116 cm³/mol. The Morgan fingerprint density at radius 1 is 0.939 bits per heavy atom. The number of halogens is 3. The van der Waals surface area contributed by atoms with Crippen LogP contribution in [-0.4, -0.2) is 55.9 Å². The third-order valence-electron chi connectivity index (χ3n) is 5.53. The van der Waals surface area contributed by atoms with Crippen LogP contribution in [-0.2, 0) is 6.18 Å². The van der Waals surface area contributed by atoms with Gasteiger partial charge >= 0.3 is 6.18 Å². The molecule has 1 saturated heterocycles. The minimum Gasteiger partial charge on any atom is -0.492 e. The summed E-state index contributed by atoms with van der Waals surface area (Å²) >= 11 is 0. The SMILES string of the molecule is FC(F)(F)c1nc(-n2cnc(-c3ccc(OCCN4CCCC4)cc3)n2)c2ccccc2n1. The number of hydrogen-bond donors (Lipinski definition) is 0. The molecule has 0 atom stereocenters. The van der Waals surface area contributed by atoms with Gasteiger partial charge in [-0.25, -0.2) is 19.6 Å². The van der Waals surface area contributed by atoms with Gasteiger partial charge in [0, 0.05) is 17.5 Å². The molecule has 1 aliphatic rings. The van der Waals surface area contributed by atoms with Gasteiger partial charge in [-0.05, 0) is 62.3 Å². The molecule has 33 heavy (non-hydrogen) atoms. The van der Waals surface area contributed by atoms with Crippen molar-refractivity contribution >= 4 is 10.9 Å². The molecule has 0 saturated carbocycles. The maximum Gasteiger partial charge on any atom is 0.451 e. The number of rotatable bonds is 6. The first-order valence-corrected chi connectivity index (χ1v) is 10.7. The van der Waals surface area contributed by atoms with E-state index in [0.717, 1.165) is 30.9 Å². The van der Waals surface area contributed by atoms with Crippen molar-refractivity contribution in [2.75, 3.05) is 26.2 Å². The molecule has 0 N–H and O–H groups in total. The van der Waals surface area contributed by atoms with Gasteiger partial charge in [-0.15, -0.1) is 5.10 Å². The minimum atomic E-state index is -4.67. The molecule has 170 valence electrons. The van der Waals surface area contributed by atoms with E-state index in [4.69, 9.17) is 4.74 Å². The molecule has 0 spiro atoms. The van der Waals surface area contributed by atoms with Crippen molar-refractivity contribution in [3.8, 4) is 23.0 Å². The highest BCUT2D eigenvalue weighted by atomic mass is 19.4. The first-order chi connectivity index (χ1) is 16.0. The molecule has 0 unspecified atom stereocenters. The average molecular weight is 454 g/mol. The predicted octanol–water partition coefficient (Wildman–Crippen LogP) is 4.37. The van der Waals surface area contributed by atoms with Gasteiger partial charge in [0.1, 0.15) is 18.7 Å². The number of fused-ring (bicyclic) bond motifs is 1. The molecule has 0 bridgehead atoms. The second-order valence-corrected chi connectivity index (χ2v) is 7.82. The summed E-state index contributed by atoms with van der Waals surface area (Å²) in [5, 5.41) is 4.82. The highest BCUT2D eigenvalue weighted by Crippen LogP contribution is 2.30. The van der Waals surface area contributed by atoms with Gasteiger partial charge in [0.2, 0.25) is 5.82 Å². The lowest BCUT2D eigenvalue weighted by Gasteiger charge is -2.14. The standard InChI is InChI=1S/C23H21F3N6O/c24-23(25,26)22-28-19-6-2-1-5-18(19)21(29-22)32-15-27-20(30-32)16-7-9-17(10-8-16)33-14-13-31-11-3-4-12-31/h1-2,5-10,15H,3-4,11-14H2. The first kappa shape index (κ1) is 21.3. The molecule has 2 aromatic carbocycles. The van der Waals surface area contributed by atoms with Crippen molar-refractivity contribution in [3.05, 3.63) is 60.7 Å². The normalized spacial score (nSPS) is 14.8. The zero-order valence-electron chi connectivity index (χ0n) is 17.7. The lowest BCUT2D eigenvalue weighted by atomic mass is 10.2. The zero-order chi connectivity index (χ0) is 22.8. The Kier molecular flexibility index (Phi) is 5.67. The van der Waals surface area contributed by atoms with E-state index in [2.05, 4.69) is 25.0 Å². The molecular weight excluding hydrogens is 433 g/mol.